The molecule has 0 aliphatic carbocycles. The van der Waals surface area contributed by atoms with E-state index in [0.29, 0.717) is 11.7 Å². The minimum atomic E-state index is 0.000147. The number of aromatic amines is 1. The predicted molar refractivity (Wildman–Crippen MR) is 49.4 cm³/mol. The Morgan fingerprint density at radius 1 is 1.62 bits per heavy atom. The molecule has 3 N–H and O–H groups in total. The third-order valence-corrected chi connectivity index (χ3v) is 2.53. The van der Waals surface area contributed by atoms with Crippen LogP contribution in [0.5, 0.6) is 0 Å². The Hall–Kier alpha value is -0.870. The zero-order chi connectivity index (χ0) is 9.10. The molecule has 0 bridgehead atoms. The van der Waals surface area contributed by atoms with Crippen LogP contribution < -0.4 is 5.32 Å². The summed E-state index contributed by atoms with van der Waals surface area (Å²) in [4.78, 5) is 7.21. The molecule has 1 aliphatic heterocycles. The molecule has 1 unspecified atom stereocenters. The van der Waals surface area contributed by atoms with Gasteiger partial charge >= 0.3 is 0 Å². The average molecular weight is 181 g/mol. The number of nitrogens with zero attached hydrogens (tertiary/aromatic N) is 1. The van der Waals surface area contributed by atoms with Gasteiger partial charge in [0.25, 0.3) is 0 Å². The van der Waals surface area contributed by atoms with E-state index in [4.69, 9.17) is 5.11 Å². The fraction of sp³-hybridized carbons (Fsp3) is 0.667. The summed E-state index contributed by atoms with van der Waals surface area (Å²) in [5.74, 6) is 1.21. The SMILES string of the molecule is OCc1ncc(C2CCCNC2)[nH]1. The highest BCUT2D eigenvalue weighted by Gasteiger charge is 2.16. The second-order valence-electron chi connectivity index (χ2n) is 3.49. The number of aliphatic hydroxyl groups is 1. The van der Waals surface area contributed by atoms with Crippen molar-refractivity contribution in [2.75, 3.05) is 13.1 Å². The van der Waals surface area contributed by atoms with Crippen LogP contribution in [0, 0.1) is 0 Å². The summed E-state index contributed by atoms with van der Waals surface area (Å²) in [6.45, 7) is 2.14. The first-order chi connectivity index (χ1) is 6.40. The van der Waals surface area contributed by atoms with Gasteiger partial charge in [-0.2, -0.15) is 0 Å². The Labute approximate surface area is 77.4 Å². The van der Waals surface area contributed by atoms with E-state index in [2.05, 4.69) is 15.3 Å². The van der Waals surface area contributed by atoms with Gasteiger partial charge in [-0.05, 0) is 19.4 Å². The third-order valence-electron chi connectivity index (χ3n) is 2.53. The van der Waals surface area contributed by atoms with Crippen molar-refractivity contribution in [3.63, 3.8) is 0 Å². The molecule has 0 amide bonds. The van der Waals surface area contributed by atoms with Crippen molar-refractivity contribution in [3.8, 4) is 0 Å². The summed E-state index contributed by atoms with van der Waals surface area (Å²) in [7, 11) is 0. The van der Waals surface area contributed by atoms with Gasteiger partial charge in [-0.25, -0.2) is 4.98 Å². The fourth-order valence-corrected chi connectivity index (χ4v) is 1.78. The van der Waals surface area contributed by atoms with Gasteiger partial charge in [0, 0.05) is 24.4 Å². The van der Waals surface area contributed by atoms with Gasteiger partial charge in [0.2, 0.25) is 0 Å². The van der Waals surface area contributed by atoms with Gasteiger partial charge < -0.3 is 15.4 Å². The quantitative estimate of drug-likeness (QED) is 0.617. The molecule has 2 heterocycles. The van der Waals surface area contributed by atoms with E-state index in [1.807, 2.05) is 6.20 Å². The Balaban J connectivity index is 2.05. The minimum absolute atomic E-state index is 0.000147. The summed E-state index contributed by atoms with van der Waals surface area (Å²) < 4.78 is 0. The maximum atomic E-state index is 8.84. The monoisotopic (exact) mass is 181 g/mol. The number of rotatable bonds is 2. The summed E-state index contributed by atoms with van der Waals surface area (Å²) in [5, 5.41) is 12.2. The van der Waals surface area contributed by atoms with E-state index in [1.54, 1.807) is 0 Å². The largest absolute Gasteiger partial charge is 0.388 e. The average Bonchev–Trinajstić information content (AvgIpc) is 2.67. The van der Waals surface area contributed by atoms with Crippen LogP contribution in [-0.4, -0.2) is 28.2 Å². The molecule has 1 aromatic heterocycles. The molecule has 0 radical (unpaired) electrons. The predicted octanol–water partition coefficient (Wildman–Crippen LogP) is 0.369. The first kappa shape index (κ1) is 8.72. The van der Waals surface area contributed by atoms with Crippen molar-refractivity contribution < 1.29 is 5.11 Å². The highest BCUT2D eigenvalue weighted by Crippen LogP contribution is 2.21. The molecular weight excluding hydrogens is 166 g/mol. The molecular formula is C9H15N3O. The molecule has 1 atom stereocenters. The van der Waals surface area contributed by atoms with E-state index in [-0.39, 0.29) is 6.61 Å². The number of aliphatic hydroxyl groups excluding tert-OH is 1. The number of piperidine rings is 1. The van der Waals surface area contributed by atoms with Gasteiger partial charge in [-0.3, -0.25) is 0 Å². The summed E-state index contributed by atoms with van der Waals surface area (Å²) >= 11 is 0. The second kappa shape index (κ2) is 3.89. The van der Waals surface area contributed by atoms with E-state index < -0.39 is 0 Å². The topological polar surface area (TPSA) is 60.9 Å². The van der Waals surface area contributed by atoms with Gasteiger partial charge in [-0.1, -0.05) is 0 Å². The van der Waals surface area contributed by atoms with Crippen LogP contribution in [0.25, 0.3) is 0 Å². The van der Waals surface area contributed by atoms with E-state index in [9.17, 15) is 0 Å². The van der Waals surface area contributed by atoms with Crippen LogP contribution in [0.2, 0.25) is 0 Å². The second-order valence-corrected chi connectivity index (χ2v) is 3.49. The fourth-order valence-electron chi connectivity index (χ4n) is 1.78. The third kappa shape index (κ3) is 1.89. The zero-order valence-electron chi connectivity index (χ0n) is 7.58. The Morgan fingerprint density at radius 3 is 3.15 bits per heavy atom. The Bertz CT molecular complexity index is 266. The van der Waals surface area contributed by atoms with Gasteiger partial charge in [0.15, 0.2) is 0 Å². The molecule has 0 spiro atoms. The smallest absolute Gasteiger partial charge is 0.132 e. The van der Waals surface area contributed by atoms with E-state index in [0.717, 1.165) is 18.8 Å². The molecule has 1 fully saturated rings. The standard InChI is InChI=1S/C9H15N3O/c13-6-9-11-5-8(12-9)7-2-1-3-10-4-7/h5,7,10,13H,1-4,6H2,(H,11,12). The molecule has 72 valence electrons. The zero-order valence-corrected chi connectivity index (χ0v) is 7.58. The molecule has 4 heteroatoms. The lowest BCUT2D eigenvalue weighted by molar-refractivity contribution is 0.272. The molecule has 1 aromatic rings. The molecule has 13 heavy (non-hydrogen) atoms. The first-order valence-corrected chi connectivity index (χ1v) is 4.75. The van der Waals surface area contributed by atoms with Gasteiger partial charge in [0.1, 0.15) is 12.4 Å². The normalized spacial score (nSPS) is 23.3. The summed E-state index contributed by atoms with van der Waals surface area (Å²) in [6, 6.07) is 0. The number of H-pyrrole nitrogens is 1. The van der Waals surface area contributed by atoms with Crippen molar-refractivity contribution in [3.05, 3.63) is 17.7 Å². The summed E-state index contributed by atoms with van der Waals surface area (Å²) in [6.07, 6.45) is 4.27. The van der Waals surface area contributed by atoms with Gasteiger partial charge in [-0.15, -0.1) is 0 Å². The van der Waals surface area contributed by atoms with Crippen LogP contribution in [0.15, 0.2) is 6.20 Å². The molecule has 2 rings (SSSR count). The molecule has 1 saturated heterocycles. The maximum Gasteiger partial charge on any atom is 0.132 e. The highest BCUT2D eigenvalue weighted by atomic mass is 16.3. The number of aromatic nitrogens is 2. The lowest BCUT2D eigenvalue weighted by Crippen LogP contribution is -2.28. The first-order valence-electron chi connectivity index (χ1n) is 4.75. The van der Waals surface area contributed by atoms with Crippen molar-refractivity contribution >= 4 is 0 Å². The summed E-state index contributed by atoms with van der Waals surface area (Å²) in [5.41, 5.74) is 1.15. The lowest BCUT2D eigenvalue weighted by Gasteiger charge is -2.21. The minimum Gasteiger partial charge on any atom is -0.388 e. The number of hydrogen-bond donors (Lipinski definition) is 3. The molecule has 4 nitrogen and oxygen atoms in total. The lowest BCUT2D eigenvalue weighted by atomic mass is 9.97. The highest BCUT2D eigenvalue weighted by molar-refractivity contribution is 5.08. The number of imidazole rings is 1. The molecule has 1 aliphatic rings. The van der Waals surface area contributed by atoms with Crippen LogP contribution in [0.4, 0.5) is 0 Å². The van der Waals surface area contributed by atoms with Crippen molar-refractivity contribution in [2.45, 2.75) is 25.4 Å². The molecule has 0 saturated carbocycles. The number of hydrogen-bond acceptors (Lipinski definition) is 3. The molecule has 0 aromatic carbocycles. The number of nitrogens with one attached hydrogen (secondary N) is 2. The Kier molecular flexibility index (Phi) is 2.61. The van der Waals surface area contributed by atoms with Crippen molar-refractivity contribution in [1.82, 2.24) is 15.3 Å². The van der Waals surface area contributed by atoms with E-state index >= 15 is 0 Å². The van der Waals surface area contributed by atoms with Crippen molar-refractivity contribution in [2.24, 2.45) is 0 Å². The van der Waals surface area contributed by atoms with Crippen LogP contribution >= 0.6 is 0 Å². The Morgan fingerprint density at radius 2 is 2.54 bits per heavy atom. The van der Waals surface area contributed by atoms with E-state index in [1.165, 1.54) is 12.8 Å². The van der Waals surface area contributed by atoms with Crippen molar-refractivity contribution in [1.29, 1.82) is 0 Å². The maximum absolute atomic E-state index is 8.84. The van der Waals surface area contributed by atoms with Gasteiger partial charge in [0.05, 0.1) is 0 Å². The van der Waals surface area contributed by atoms with Crippen LogP contribution in [-0.2, 0) is 6.61 Å². The van der Waals surface area contributed by atoms with Crippen LogP contribution in [0.1, 0.15) is 30.3 Å². The van der Waals surface area contributed by atoms with Crippen LogP contribution in [0.3, 0.4) is 0 Å².